The van der Waals surface area contributed by atoms with E-state index in [0.717, 1.165) is 5.69 Å². The average molecular weight is 283 g/mol. The number of nitrogens with zero attached hydrogens (tertiary/aromatic N) is 2. The summed E-state index contributed by atoms with van der Waals surface area (Å²) in [5, 5.41) is 2.77. The minimum Gasteiger partial charge on any atom is -0.408 e. The first-order chi connectivity index (χ1) is 10.1. The number of nitrogens with one attached hydrogen (secondary N) is 1. The summed E-state index contributed by atoms with van der Waals surface area (Å²) in [5.74, 6) is -0.690. The third-order valence-corrected chi connectivity index (χ3v) is 3.21. The Balaban J connectivity index is 1.80. The first-order valence-electron chi connectivity index (χ1n) is 6.43. The molecule has 1 amide bonds. The van der Waals surface area contributed by atoms with Gasteiger partial charge in [0.1, 0.15) is 0 Å². The normalized spacial score (nSPS) is 10.7. The minimum absolute atomic E-state index is 0.242. The molecule has 106 valence electrons. The van der Waals surface area contributed by atoms with Crippen molar-refractivity contribution < 1.29 is 9.21 Å². The number of amides is 1. The number of pyridine rings is 1. The van der Waals surface area contributed by atoms with Crippen LogP contribution in [0.3, 0.4) is 0 Å². The van der Waals surface area contributed by atoms with Gasteiger partial charge in [0.05, 0.1) is 17.8 Å². The van der Waals surface area contributed by atoms with Gasteiger partial charge in [-0.3, -0.25) is 14.3 Å². The fourth-order valence-corrected chi connectivity index (χ4v) is 2.05. The maximum absolute atomic E-state index is 12.1. The molecule has 0 saturated heterocycles. The maximum Gasteiger partial charge on any atom is 0.419 e. The number of fused-ring (bicyclic) bond motifs is 1. The zero-order valence-corrected chi connectivity index (χ0v) is 11.4. The van der Waals surface area contributed by atoms with Crippen LogP contribution in [0.1, 0.15) is 16.1 Å². The number of carbonyl (C=O) groups excluding carboxylic acids is 1. The molecule has 6 nitrogen and oxygen atoms in total. The second-order valence-electron chi connectivity index (χ2n) is 4.61. The minimum atomic E-state index is -0.448. The molecule has 0 bridgehead atoms. The van der Waals surface area contributed by atoms with Gasteiger partial charge in [0.2, 0.25) is 0 Å². The Morgan fingerprint density at radius 3 is 2.95 bits per heavy atom. The lowest BCUT2D eigenvalue weighted by molar-refractivity contribution is 0.0950. The summed E-state index contributed by atoms with van der Waals surface area (Å²) < 4.78 is 6.46. The Kier molecular flexibility index (Phi) is 3.27. The lowest BCUT2D eigenvalue weighted by Gasteiger charge is -2.04. The number of rotatable bonds is 3. The molecule has 0 fully saturated rings. The molecule has 6 heteroatoms. The average Bonchev–Trinajstić information content (AvgIpc) is 2.80. The molecule has 2 aromatic heterocycles. The highest BCUT2D eigenvalue weighted by atomic mass is 16.4. The molecule has 0 atom stereocenters. The topological polar surface area (TPSA) is 77.1 Å². The molecule has 21 heavy (non-hydrogen) atoms. The molecule has 3 rings (SSSR count). The van der Waals surface area contributed by atoms with E-state index in [0.29, 0.717) is 23.2 Å². The predicted molar refractivity (Wildman–Crippen MR) is 76.9 cm³/mol. The standard InChI is InChI=1S/C15H13N3O3/c1-18-12-6-5-10(8-13(12)21-15(18)20)14(19)17-9-11-4-2-3-7-16-11/h2-8H,9H2,1H3,(H,17,19). The van der Waals surface area contributed by atoms with Gasteiger partial charge in [-0.05, 0) is 30.3 Å². The van der Waals surface area contributed by atoms with Crippen molar-refractivity contribution in [2.24, 2.45) is 7.05 Å². The van der Waals surface area contributed by atoms with Crippen molar-refractivity contribution in [3.05, 3.63) is 64.4 Å². The zero-order valence-electron chi connectivity index (χ0n) is 11.4. The van der Waals surface area contributed by atoms with Gasteiger partial charge in [-0.25, -0.2) is 4.79 Å². The van der Waals surface area contributed by atoms with Crippen LogP contribution in [0.5, 0.6) is 0 Å². The fraction of sp³-hybridized carbons (Fsp3) is 0.133. The number of hydrogen-bond donors (Lipinski definition) is 1. The Bertz CT molecular complexity index is 849. The number of carbonyl (C=O) groups is 1. The number of aryl methyl sites for hydroxylation is 1. The van der Waals surface area contributed by atoms with Crippen LogP contribution in [0.4, 0.5) is 0 Å². The SMILES string of the molecule is Cn1c(=O)oc2cc(C(=O)NCc3ccccn3)ccc21. The maximum atomic E-state index is 12.1. The Labute approximate surface area is 120 Å². The zero-order chi connectivity index (χ0) is 14.8. The van der Waals surface area contributed by atoms with E-state index in [1.54, 1.807) is 31.4 Å². The van der Waals surface area contributed by atoms with E-state index in [9.17, 15) is 9.59 Å². The smallest absolute Gasteiger partial charge is 0.408 e. The highest BCUT2D eigenvalue weighted by Crippen LogP contribution is 2.14. The third-order valence-electron chi connectivity index (χ3n) is 3.21. The summed E-state index contributed by atoms with van der Waals surface area (Å²) in [4.78, 5) is 27.6. The van der Waals surface area contributed by atoms with Crippen LogP contribution >= 0.6 is 0 Å². The van der Waals surface area contributed by atoms with E-state index in [1.165, 1.54) is 4.57 Å². The van der Waals surface area contributed by atoms with Gasteiger partial charge in [-0.1, -0.05) is 6.07 Å². The van der Waals surface area contributed by atoms with E-state index in [1.807, 2.05) is 18.2 Å². The van der Waals surface area contributed by atoms with E-state index in [4.69, 9.17) is 4.42 Å². The first kappa shape index (κ1) is 13.1. The molecule has 0 radical (unpaired) electrons. The van der Waals surface area contributed by atoms with Gasteiger partial charge in [0, 0.05) is 18.8 Å². The van der Waals surface area contributed by atoms with Crippen LogP contribution in [0.15, 0.2) is 51.8 Å². The van der Waals surface area contributed by atoms with Crippen molar-refractivity contribution in [2.45, 2.75) is 6.54 Å². The van der Waals surface area contributed by atoms with Gasteiger partial charge >= 0.3 is 5.76 Å². The molecule has 2 heterocycles. The largest absolute Gasteiger partial charge is 0.419 e. The van der Waals surface area contributed by atoms with E-state index in [2.05, 4.69) is 10.3 Å². The molecule has 3 aromatic rings. The fourth-order valence-electron chi connectivity index (χ4n) is 2.05. The third kappa shape index (κ3) is 2.55. The number of aromatic nitrogens is 2. The summed E-state index contributed by atoms with van der Waals surface area (Å²) in [5.41, 5.74) is 2.26. The Morgan fingerprint density at radius 1 is 1.33 bits per heavy atom. The molecule has 1 aromatic carbocycles. The number of hydrogen-bond acceptors (Lipinski definition) is 4. The first-order valence-corrected chi connectivity index (χ1v) is 6.43. The summed E-state index contributed by atoms with van der Waals surface area (Å²) >= 11 is 0. The van der Waals surface area contributed by atoms with Crippen molar-refractivity contribution >= 4 is 17.0 Å². The molecule has 0 aliphatic carbocycles. The van der Waals surface area contributed by atoms with Crippen molar-refractivity contribution in [3.63, 3.8) is 0 Å². The molecular formula is C15H13N3O3. The second kappa shape index (κ2) is 5.24. The predicted octanol–water partition coefficient (Wildman–Crippen LogP) is 1.46. The molecule has 0 aliphatic rings. The highest BCUT2D eigenvalue weighted by molar-refractivity contribution is 5.96. The van der Waals surface area contributed by atoms with Crippen LogP contribution in [0, 0.1) is 0 Å². The summed E-state index contributed by atoms with van der Waals surface area (Å²) in [6, 6.07) is 10.4. The van der Waals surface area contributed by atoms with Gasteiger partial charge in [-0.2, -0.15) is 0 Å². The van der Waals surface area contributed by atoms with Crippen molar-refractivity contribution in [2.75, 3.05) is 0 Å². The van der Waals surface area contributed by atoms with Crippen molar-refractivity contribution in [1.29, 1.82) is 0 Å². The lowest BCUT2D eigenvalue weighted by Crippen LogP contribution is -2.23. The molecule has 0 aliphatic heterocycles. The van der Waals surface area contributed by atoms with Crippen molar-refractivity contribution in [1.82, 2.24) is 14.9 Å². The van der Waals surface area contributed by atoms with Gasteiger partial charge in [0.15, 0.2) is 5.58 Å². The van der Waals surface area contributed by atoms with Gasteiger partial charge in [-0.15, -0.1) is 0 Å². The van der Waals surface area contributed by atoms with Crippen LogP contribution in [0.25, 0.3) is 11.1 Å². The van der Waals surface area contributed by atoms with E-state index >= 15 is 0 Å². The molecule has 0 saturated carbocycles. The van der Waals surface area contributed by atoms with Crippen LogP contribution in [-0.4, -0.2) is 15.5 Å². The quantitative estimate of drug-likeness (QED) is 0.789. The molecular weight excluding hydrogens is 270 g/mol. The molecule has 1 N–H and O–H groups in total. The number of oxazole rings is 1. The van der Waals surface area contributed by atoms with Gasteiger partial charge < -0.3 is 9.73 Å². The van der Waals surface area contributed by atoms with Crippen LogP contribution < -0.4 is 11.1 Å². The Hall–Kier alpha value is -2.89. The molecule has 0 spiro atoms. The summed E-state index contributed by atoms with van der Waals surface area (Å²) in [6.45, 7) is 0.344. The lowest BCUT2D eigenvalue weighted by atomic mass is 10.2. The van der Waals surface area contributed by atoms with Crippen LogP contribution in [-0.2, 0) is 13.6 Å². The van der Waals surface area contributed by atoms with Crippen LogP contribution in [0.2, 0.25) is 0 Å². The second-order valence-corrected chi connectivity index (χ2v) is 4.61. The number of benzene rings is 1. The monoisotopic (exact) mass is 283 g/mol. The Morgan fingerprint density at radius 2 is 2.19 bits per heavy atom. The summed E-state index contributed by atoms with van der Waals surface area (Å²) in [6.07, 6.45) is 1.67. The van der Waals surface area contributed by atoms with Crippen molar-refractivity contribution in [3.8, 4) is 0 Å². The highest BCUT2D eigenvalue weighted by Gasteiger charge is 2.11. The van der Waals surface area contributed by atoms with Gasteiger partial charge in [0.25, 0.3) is 5.91 Å². The van der Waals surface area contributed by atoms with E-state index in [-0.39, 0.29) is 5.91 Å². The van der Waals surface area contributed by atoms with E-state index < -0.39 is 5.76 Å². The molecule has 0 unspecified atom stereocenters. The summed E-state index contributed by atoms with van der Waals surface area (Å²) in [7, 11) is 1.62.